The summed E-state index contributed by atoms with van der Waals surface area (Å²) in [6, 6.07) is 0. The minimum atomic E-state index is -1.22. The third-order valence-corrected chi connectivity index (χ3v) is 1.74. The first-order valence-corrected chi connectivity index (χ1v) is 3.28. The number of nitrogens with two attached hydrogens (primary N) is 4. The molecule has 4 heteroatoms. The summed E-state index contributed by atoms with van der Waals surface area (Å²) in [5, 5.41) is 0. The second kappa shape index (κ2) is 2.32. The predicted molar refractivity (Wildman–Crippen MR) is 43.0 cm³/mol. The first kappa shape index (κ1) is 8.24. The largest absolute Gasteiger partial charge is 0.310 e. The number of hydrogen-bond donors (Lipinski definition) is 4. The molecular formula is C7H12N4. The molecule has 1 aliphatic rings. The topological polar surface area (TPSA) is 104 Å². The van der Waals surface area contributed by atoms with E-state index in [9.17, 15) is 0 Å². The highest BCUT2D eigenvalue weighted by Crippen LogP contribution is 2.13. The molecule has 1 aliphatic carbocycles. The van der Waals surface area contributed by atoms with Gasteiger partial charge in [0.15, 0.2) is 0 Å². The molecule has 0 aromatic heterocycles. The van der Waals surface area contributed by atoms with Crippen LogP contribution in [0.2, 0.25) is 0 Å². The van der Waals surface area contributed by atoms with Gasteiger partial charge in [0.2, 0.25) is 0 Å². The zero-order valence-electron chi connectivity index (χ0n) is 6.17. The van der Waals surface area contributed by atoms with Gasteiger partial charge in [-0.05, 0) is 6.08 Å². The van der Waals surface area contributed by atoms with Crippen molar-refractivity contribution in [3.63, 3.8) is 0 Å². The molecule has 0 aromatic rings. The van der Waals surface area contributed by atoms with E-state index in [1.165, 1.54) is 6.08 Å². The van der Waals surface area contributed by atoms with Gasteiger partial charge in [-0.2, -0.15) is 0 Å². The molecule has 11 heavy (non-hydrogen) atoms. The third-order valence-electron chi connectivity index (χ3n) is 1.74. The van der Waals surface area contributed by atoms with E-state index in [-0.39, 0.29) is 0 Å². The van der Waals surface area contributed by atoms with Crippen LogP contribution in [-0.2, 0) is 0 Å². The molecule has 0 spiro atoms. The summed E-state index contributed by atoms with van der Waals surface area (Å²) < 4.78 is 0. The molecule has 1 rings (SSSR count). The van der Waals surface area contributed by atoms with Gasteiger partial charge in [-0.15, -0.1) is 0 Å². The highest BCUT2D eigenvalue weighted by atomic mass is 15.1. The van der Waals surface area contributed by atoms with Crippen LogP contribution >= 0.6 is 0 Å². The Labute approximate surface area is 65.2 Å². The van der Waals surface area contributed by atoms with E-state index in [1.807, 2.05) is 0 Å². The summed E-state index contributed by atoms with van der Waals surface area (Å²) in [5.41, 5.74) is 25.5. The summed E-state index contributed by atoms with van der Waals surface area (Å²) >= 11 is 0. The minimum absolute atomic E-state index is 0.392. The average Bonchev–Trinajstić information content (AvgIpc) is 1.94. The lowest BCUT2D eigenvalue weighted by Crippen LogP contribution is -2.74. The van der Waals surface area contributed by atoms with E-state index < -0.39 is 11.3 Å². The molecule has 8 N–H and O–H groups in total. The fourth-order valence-electron chi connectivity index (χ4n) is 0.751. The number of rotatable bonds is 0. The molecule has 0 unspecified atom stereocenters. The highest BCUT2D eigenvalue weighted by molar-refractivity contribution is 5.16. The Hall–Kier alpha value is -0.860. The highest BCUT2D eigenvalue weighted by Gasteiger charge is 2.37. The van der Waals surface area contributed by atoms with Crippen molar-refractivity contribution in [2.45, 2.75) is 17.7 Å². The van der Waals surface area contributed by atoms with Gasteiger partial charge in [0.1, 0.15) is 11.3 Å². The Morgan fingerprint density at radius 3 is 2.36 bits per heavy atom. The fraction of sp³-hybridized carbons (Fsp3) is 0.429. The van der Waals surface area contributed by atoms with Crippen LogP contribution in [-0.4, -0.2) is 11.3 Å². The Kier molecular flexibility index (Phi) is 1.74. The van der Waals surface area contributed by atoms with E-state index in [0.717, 1.165) is 0 Å². The third kappa shape index (κ3) is 1.42. The molecule has 0 bridgehead atoms. The van der Waals surface area contributed by atoms with E-state index >= 15 is 0 Å². The number of hydrogen-bond acceptors (Lipinski definition) is 4. The van der Waals surface area contributed by atoms with Gasteiger partial charge in [-0.25, -0.2) is 0 Å². The van der Waals surface area contributed by atoms with Crippen LogP contribution in [0, 0.1) is 0 Å². The fourth-order valence-corrected chi connectivity index (χ4v) is 0.751. The van der Waals surface area contributed by atoms with Crippen molar-refractivity contribution in [3.05, 3.63) is 23.6 Å². The molecule has 60 valence electrons. The summed E-state index contributed by atoms with van der Waals surface area (Å²) in [5.74, 6) is 0. The Bertz CT molecular complexity index is 252. The van der Waals surface area contributed by atoms with Crippen molar-refractivity contribution < 1.29 is 0 Å². The smallest absolute Gasteiger partial charge is 0.123 e. The van der Waals surface area contributed by atoms with Gasteiger partial charge < -0.3 is 22.9 Å². The van der Waals surface area contributed by atoms with Crippen LogP contribution in [0.25, 0.3) is 0 Å². The van der Waals surface area contributed by atoms with E-state index in [1.54, 1.807) is 6.08 Å². The van der Waals surface area contributed by atoms with Gasteiger partial charge in [0.25, 0.3) is 0 Å². The molecular weight excluding hydrogens is 140 g/mol. The summed E-state index contributed by atoms with van der Waals surface area (Å²) in [6.07, 6.45) is 3.48. The van der Waals surface area contributed by atoms with Crippen molar-refractivity contribution in [1.29, 1.82) is 0 Å². The van der Waals surface area contributed by atoms with Crippen molar-refractivity contribution in [3.8, 4) is 0 Å². The van der Waals surface area contributed by atoms with Crippen LogP contribution in [0.5, 0.6) is 0 Å². The molecule has 0 heterocycles. The Morgan fingerprint density at radius 1 is 1.09 bits per heavy atom. The van der Waals surface area contributed by atoms with Crippen molar-refractivity contribution in [2.24, 2.45) is 22.9 Å². The van der Waals surface area contributed by atoms with E-state index in [2.05, 4.69) is 11.5 Å². The maximum Gasteiger partial charge on any atom is 0.123 e. The van der Waals surface area contributed by atoms with Crippen LogP contribution in [0.1, 0.15) is 6.42 Å². The summed E-state index contributed by atoms with van der Waals surface area (Å²) in [6.45, 7) is 0. The van der Waals surface area contributed by atoms with Crippen LogP contribution in [0.4, 0.5) is 0 Å². The molecule has 0 saturated carbocycles. The lowest BCUT2D eigenvalue weighted by Gasteiger charge is -2.36. The first-order chi connectivity index (χ1) is 4.96. The average molecular weight is 152 g/mol. The molecule has 0 atom stereocenters. The SMILES string of the molecule is NC1(N)C=C=C=CCC1(N)N. The molecule has 0 saturated heterocycles. The zero-order chi connectivity index (χ0) is 8.54. The van der Waals surface area contributed by atoms with E-state index in [4.69, 9.17) is 22.9 Å². The summed E-state index contributed by atoms with van der Waals surface area (Å²) in [4.78, 5) is 0. The maximum absolute atomic E-state index is 5.64. The maximum atomic E-state index is 5.64. The van der Waals surface area contributed by atoms with E-state index in [0.29, 0.717) is 6.42 Å². The lowest BCUT2D eigenvalue weighted by atomic mass is 9.93. The zero-order valence-corrected chi connectivity index (χ0v) is 6.17. The second-order valence-electron chi connectivity index (χ2n) is 2.81. The van der Waals surface area contributed by atoms with Gasteiger partial charge in [0, 0.05) is 12.5 Å². The monoisotopic (exact) mass is 152 g/mol. The van der Waals surface area contributed by atoms with Gasteiger partial charge in [0.05, 0.1) is 0 Å². The molecule has 0 aromatic carbocycles. The van der Waals surface area contributed by atoms with Crippen molar-refractivity contribution in [2.75, 3.05) is 0 Å². The van der Waals surface area contributed by atoms with Crippen molar-refractivity contribution in [1.82, 2.24) is 0 Å². The summed E-state index contributed by atoms with van der Waals surface area (Å²) in [7, 11) is 0. The van der Waals surface area contributed by atoms with Crippen LogP contribution in [0.3, 0.4) is 0 Å². The quantitative estimate of drug-likeness (QED) is 0.250. The first-order valence-electron chi connectivity index (χ1n) is 3.28. The molecule has 0 radical (unpaired) electrons. The van der Waals surface area contributed by atoms with Crippen LogP contribution < -0.4 is 22.9 Å². The standard InChI is InChI=1S/C7H12N4/c8-6(9)4-2-1-3-5-7(6,10)11/h2,5H,4,8-11H2. The Morgan fingerprint density at radius 2 is 1.73 bits per heavy atom. The lowest BCUT2D eigenvalue weighted by molar-refractivity contribution is 0.289. The van der Waals surface area contributed by atoms with Crippen LogP contribution in [0.15, 0.2) is 23.6 Å². The molecule has 0 fully saturated rings. The van der Waals surface area contributed by atoms with Gasteiger partial charge in [-0.1, -0.05) is 11.5 Å². The second-order valence-corrected chi connectivity index (χ2v) is 2.81. The molecule has 0 aliphatic heterocycles. The van der Waals surface area contributed by atoms with Gasteiger partial charge in [-0.3, -0.25) is 0 Å². The predicted octanol–water partition coefficient (Wildman–Crippen LogP) is -1.52. The minimum Gasteiger partial charge on any atom is -0.310 e. The molecule has 0 amide bonds. The Balaban J connectivity index is 3.10. The van der Waals surface area contributed by atoms with Gasteiger partial charge >= 0.3 is 0 Å². The normalized spacial score (nSPS) is 25.1. The van der Waals surface area contributed by atoms with Crippen molar-refractivity contribution >= 4 is 0 Å². The molecule has 4 nitrogen and oxygen atoms in total.